The van der Waals surface area contributed by atoms with Gasteiger partial charge in [-0.3, -0.25) is 4.79 Å². The van der Waals surface area contributed by atoms with Crippen LogP contribution in [0.25, 0.3) is 10.9 Å². The Morgan fingerprint density at radius 3 is 2.94 bits per heavy atom. The first-order valence-electron chi connectivity index (χ1n) is 5.07. The molecular weight excluding hydrogens is 270 g/mol. The molecule has 1 unspecified atom stereocenters. The average molecular weight is 282 g/mol. The second kappa shape index (κ2) is 4.29. The van der Waals surface area contributed by atoms with Crippen molar-refractivity contribution in [2.75, 3.05) is 0 Å². The lowest BCUT2D eigenvalue weighted by Crippen LogP contribution is -2.12. The first-order valence-corrected chi connectivity index (χ1v) is 5.86. The van der Waals surface area contributed by atoms with Crippen molar-refractivity contribution in [3.63, 3.8) is 0 Å². The van der Waals surface area contributed by atoms with Crippen LogP contribution in [-0.4, -0.2) is 16.1 Å². The topological polar surface area (TPSA) is 53.1 Å². The van der Waals surface area contributed by atoms with Crippen LogP contribution in [0.5, 0.6) is 0 Å². The number of hydrogen-bond acceptors (Lipinski definition) is 1. The molecule has 1 aromatic heterocycles. The van der Waals surface area contributed by atoms with Crippen molar-refractivity contribution in [2.24, 2.45) is 5.92 Å². The molecule has 0 aliphatic heterocycles. The molecule has 2 rings (SSSR count). The number of carboxylic acid groups (broad SMARTS) is 1. The van der Waals surface area contributed by atoms with E-state index in [-0.39, 0.29) is 5.92 Å². The van der Waals surface area contributed by atoms with E-state index in [1.807, 2.05) is 24.3 Å². The molecule has 0 saturated heterocycles. The van der Waals surface area contributed by atoms with E-state index >= 15 is 0 Å². The Kier molecular flexibility index (Phi) is 3.01. The van der Waals surface area contributed by atoms with E-state index in [1.54, 1.807) is 6.92 Å². The van der Waals surface area contributed by atoms with Crippen molar-refractivity contribution in [1.82, 2.24) is 4.98 Å². The van der Waals surface area contributed by atoms with Crippen molar-refractivity contribution in [2.45, 2.75) is 13.3 Å². The number of nitrogens with one attached hydrogen (secondary N) is 1. The lowest BCUT2D eigenvalue weighted by molar-refractivity contribution is -0.141. The van der Waals surface area contributed by atoms with E-state index in [2.05, 4.69) is 20.9 Å². The van der Waals surface area contributed by atoms with E-state index in [0.717, 1.165) is 21.1 Å². The predicted octanol–water partition coefficient (Wildman–Crippen LogP) is 3.19. The zero-order chi connectivity index (χ0) is 11.7. The van der Waals surface area contributed by atoms with Crippen LogP contribution >= 0.6 is 15.9 Å². The zero-order valence-corrected chi connectivity index (χ0v) is 10.4. The highest BCUT2D eigenvalue weighted by Crippen LogP contribution is 2.24. The molecule has 0 radical (unpaired) electrons. The summed E-state index contributed by atoms with van der Waals surface area (Å²) in [4.78, 5) is 14.0. The lowest BCUT2D eigenvalue weighted by Gasteiger charge is -2.02. The molecule has 3 nitrogen and oxygen atoms in total. The molecule has 1 aromatic carbocycles. The van der Waals surface area contributed by atoms with Crippen LogP contribution in [0.15, 0.2) is 28.7 Å². The molecule has 0 spiro atoms. The van der Waals surface area contributed by atoms with Crippen LogP contribution in [0.3, 0.4) is 0 Å². The monoisotopic (exact) mass is 281 g/mol. The molecule has 4 heteroatoms. The second-order valence-electron chi connectivity index (χ2n) is 3.94. The van der Waals surface area contributed by atoms with Gasteiger partial charge in [-0.25, -0.2) is 0 Å². The molecule has 16 heavy (non-hydrogen) atoms. The molecule has 84 valence electrons. The molecule has 2 N–H and O–H groups in total. The van der Waals surface area contributed by atoms with E-state index < -0.39 is 5.97 Å². The van der Waals surface area contributed by atoms with Gasteiger partial charge in [0, 0.05) is 22.0 Å². The number of rotatable bonds is 3. The lowest BCUT2D eigenvalue weighted by atomic mass is 10.1. The molecular formula is C12H12BrNO2. The summed E-state index contributed by atoms with van der Waals surface area (Å²) in [5.41, 5.74) is 1.98. The number of aromatic nitrogens is 1. The molecule has 0 bridgehead atoms. The van der Waals surface area contributed by atoms with Crippen molar-refractivity contribution in [3.05, 3.63) is 34.4 Å². The summed E-state index contributed by atoms with van der Waals surface area (Å²) in [7, 11) is 0. The van der Waals surface area contributed by atoms with Crippen LogP contribution in [0.4, 0.5) is 0 Å². The number of aliphatic carboxylic acids is 1. The van der Waals surface area contributed by atoms with Crippen LogP contribution < -0.4 is 0 Å². The van der Waals surface area contributed by atoms with E-state index in [4.69, 9.17) is 5.11 Å². The Morgan fingerprint density at radius 2 is 2.31 bits per heavy atom. The number of hydrogen-bond donors (Lipinski definition) is 2. The summed E-state index contributed by atoms with van der Waals surface area (Å²) in [6.45, 7) is 1.71. The van der Waals surface area contributed by atoms with Gasteiger partial charge in [0.25, 0.3) is 0 Å². The predicted molar refractivity (Wildman–Crippen MR) is 66.5 cm³/mol. The zero-order valence-electron chi connectivity index (χ0n) is 8.83. The Bertz CT molecular complexity index is 533. The van der Waals surface area contributed by atoms with Gasteiger partial charge in [-0.15, -0.1) is 0 Å². The smallest absolute Gasteiger partial charge is 0.306 e. The summed E-state index contributed by atoms with van der Waals surface area (Å²) in [5.74, 6) is -1.13. The fourth-order valence-corrected chi connectivity index (χ4v) is 2.19. The molecule has 0 aliphatic rings. The minimum Gasteiger partial charge on any atom is -0.481 e. The Balaban J connectivity index is 2.33. The van der Waals surface area contributed by atoms with E-state index in [0.29, 0.717) is 6.42 Å². The van der Waals surface area contributed by atoms with Crippen molar-refractivity contribution >= 4 is 32.8 Å². The van der Waals surface area contributed by atoms with Gasteiger partial charge in [0.15, 0.2) is 0 Å². The maximum absolute atomic E-state index is 10.8. The quantitative estimate of drug-likeness (QED) is 0.908. The number of H-pyrrole nitrogens is 1. The van der Waals surface area contributed by atoms with E-state index in [9.17, 15) is 4.79 Å². The van der Waals surface area contributed by atoms with Gasteiger partial charge in [-0.1, -0.05) is 19.1 Å². The molecule has 0 saturated carbocycles. The summed E-state index contributed by atoms with van der Waals surface area (Å²) in [5, 5.41) is 9.95. The minimum atomic E-state index is -0.766. The molecule has 1 atom stereocenters. The Hall–Kier alpha value is -1.29. The van der Waals surface area contributed by atoms with Gasteiger partial charge >= 0.3 is 5.97 Å². The Labute approximate surface area is 102 Å². The highest BCUT2D eigenvalue weighted by atomic mass is 79.9. The highest BCUT2D eigenvalue weighted by Gasteiger charge is 2.13. The van der Waals surface area contributed by atoms with Crippen molar-refractivity contribution in [3.8, 4) is 0 Å². The van der Waals surface area contributed by atoms with Crippen LogP contribution in [0.2, 0.25) is 0 Å². The fraction of sp³-hybridized carbons (Fsp3) is 0.250. The Morgan fingerprint density at radius 1 is 1.56 bits per heavy atom. The summed E-state index contributed by atoms with van der Waals surface area (Å²) < 4.78 is 0.999. The largest absolute Gasteiger partial charge is 0.481 e. The van der Waals surface area contributed by atoms with Gasteiger partial charge in [-0.05, 0) is 28.1 Å². The number of para-hydroxylation sites is 1. The molecule has 2 aromatic rings. The number of fused-ring (bicyclic) bond motifs is 1. The number of carboxylic acids is 1. The number of benzene rings is 1. The number of halogens is 1. The highest BCUT2D eigenvalue weighted by molar-refractivity contribution is 9.10. The summed E-state index contributed by atoms with van der Waals surface area (Å²) in [6, 6.07) is 7.93. The first kappa shape index (κ1) is 11.2. The standard InChI is InChI=1S/C12H12BrNO2/c1-7(12(15)16)5-9-6-8-3-2-4-10(13)11(8)14-9/h2-4,6-7,14H,5H2,1H3,(H,15,16). The second-order valence-corrected chi connectivity index (χ2v) is 4.80. The van der Waals surface area contributed by atoms with Crippen molar-refractivity contribution < 1.29 is 9.90 Å². The SMILES string of the molecule is CC(Cc1cc2cccc(Br)c2[nH]1)C(=O)O. The normalized spacial score (nSPS) is 12.9. The van der Waals surface area contributed by atoms with Crippen molar-refractivity contribution in [1.29, 1.82) is 0 Å². The van der Waals surface area contributed by atoms with Gasteiger partial charge in [-0.2, -0.15) is 0 Å². The summed E-state index contributed by atoms with van der Waals surface area (Å²) in [6.07, 6.45) is 0.524. The molecule has 1 heterocycles. The van der Waals surface area contributed by atoms with Gasteiger partial charge < -0.3 is 10.1 Å². The average Bonchev–Trinajstić information content (AvgIpc) is 2.61. The van der Waals surface area contributed by atoms with Crippen LogP contribution in [-0.2, 0) is 11.2 Å². The van der Waals surface area contributed by atoms with Gasteiger partial charge in [0.05, 0.1) is 11.4 Å². The maximum atomic E-state index is 10.8. The van der Waals surface area contributed by atoms with Crippen LogP contribution in [0.1, 0.15) is 12.6 Å². The molecule has 0 amide bonds. The number of carbonyl (C=O) groups is 1. The third-order valence-electron chi connectivity index (χ3n) is 2.61. The molecule has 0 aliphatic carbocycles. The third kappa shape index (κ3) is 2.11. The third-order valence-corrected chi connectivity index (χ3v) is 3.27. The van der Waals surface area contributed by atoms with Gasteiger partial charge in [0.1, 0.15) is 0 Å². The summed E-state index contributed by atoms with van der Waals surface area (Å²) >= 11 is 3.46. The van der Waals surface area contributed by atoms with Crippen LogP contribution in [0, 0.1) is 5.92 Å². The first-order chi connectivity index (χ1) is 7.58. The molecule has 0 fully saturated rings. The van der Waals surface area contributed by atoms with E-state index in [1.165, 1.54) is 0 Å². The maximum Gasteiger partial charge on any atom is 0.306 e. The minimum absolute atomic E-state index is 0.369. The van der Waals surface area contributed by atoms with Gasteiger partial charge in [0.2, 0.25) is 0 Å². The fourth-order valence-electron chi connectivity index (χ4n) is 1.70. The number of aromatic amines is 1.